The average Bonchev–Trinajstić information content (AvgIpc) is 2.76. The van der Waals surface area contributed by atoms with Gasteiger partial charge in [-0.05, 0) is 18.6 Å². The summed E-state index contributed by atoms with van der Waals surface area (Å²) in [5.74, 6) is 0.494. The third-order valence-corrected chi connectivity index (χ3v) is 5.81. The second-order valence-corrected chi connectivity index (χ2v) is 7.74. The minimum Gasteiger partial charge on any atom is -0.341 e. The molecule has 1 fully saturated rings. The SMILES string of the molecule is CN(C(=O)CSc1ccccn1)[C@@H]1CCS(=O)(=O)C1. The molecule has 0 aliphatic carbocycles. The molecule has 19 heavy (non-hydrogen) atoms. The number of carbonyl (C=O) groups is 1. The lowest BCUT2D eigenvalue weighted by Gasteiger charge is -2.23. The normalized spacial score (nSPS) is 21.2. The van der Waals surface area contributed by atoms with Crippen molar-refractivity contribution in [3.63, 3.8) is 0 Å². The van der Waals surface area contributed by atoms with Gasteiger partial charge in [-0.3, -0.25) is 4.79 Å². The summed E-state index contributed by atoms with van der Waals surface area (Å²) >= 11 is 1.36. The summed E-state index contributed by atoms with van der Waals surface area (Å²) in [7, 11) is -1.28. The fourth-order valence-electron chi connectivity index (χ4n) is 1.95. The minimum absolute atomic E-state index is 0.0576. The number of amides is 1. The van der Waals surface area contributed by atoms with E-state index in [1.54, 1.807) is 18.1 Å². The van der Waals surface area contributed by atoms with Gasteiger partial charge in [-0.2, -0.15) is 0 Å². The number of aromatic nitrogens is 1. The topological polar surface area (TPSA) is 67.3 Å². The molecule has 0 N–H and O–H groups in total. The molecule has 1 aromatic rings. The van der Waals surface area contributed by atoms with Gasteiger partial charge in [-0.1, -0.05) is 17.8 Å². The molecule has 0 saturated carbocycles. The zero-order valence-electron chi connectivity index (χ0n) is 10.7. The molecule has 1 aliphatic rings. The van der Waals surface area contributed by atoms with Crippen LogP contribution in [0.2, 0.25) is 0 Å². The highest BCUT2D eigenvalue weighted by atomic mass is 32.2. The van der Waals surface area contributed by atoms with E-state index in [0.29, 0.717) is 6.42 Å². The number of nitrogens with zero attached hydrogens (tertiary/aromatic N) is 2. The number of rotatable bonds is 4. The molecule has 1 saturated heterocycles. The molecule has 0 bridgehead atoms. The van der Waals surface area contributed by atoms with Crippen LogP contribution in [0, 0.1) is 0 Å². The fourth-order valence-corrected chi connectivity index (χ4v) is 4.51. The van der Waals surface area contributed by atoms with Crippen LogP contribution in [0.15, 0.2) is 29.4 Å². The van der Waals surface area contributed by atoms with Crippen LogP contribution < -0.4 is 0 Å². The predicted molar refractivity (Wildman–Crippen MR) is 74.8 cm³/mol. The highest BCUT2D eigenvalue weighted by molar-refractivity contribution is 7.99. The second kappa shape index (κ2) is 5.92. The minimum atomic E-state index is -2.95. The van der Waals surface area contributed by atoms with E-state index in [9.17, 15) is 13.2 Å². The van der Waals surface area contributed by atoms with Gasteiger partial charge in [0.1, 0.15) is 0 Å². The van der Waals surface area contributed by atoms with Gasteiger partial charge in [0.25, 0.3) is 0 Å². The van der Waals surface area contributed by atoms with Crippen molar-refractivity contribution in [2.24, 2.45) is 0 Å². The summed E-state index contributed by atoms with van der Waals surface area (Å²) in [6.07, 6.45) is 2.22. The van der Waals surface area contributed by atoms with Gasteiger partial charge in [0.2, 0.25) is 5.91 Å². The van der Waals surface area contributed by atoms with Crippen LogP contribution in [-0.4, -0.2) is 54.6 Å². The Bertz CT molecular complexity index is 545. The van der Waals surface area contributed by atoms with E-state index in [4.69, 9.17) is 0 Å². The molecule has 1 amide bonds. The van der Waals surface area contributed by atoms with Crippen LogP contribution in [-0.2, 0) is 14.6 Å². The monoisotopic (exact) mass is 300 g/mol. The summed E-state index contributed by atoms with van der Waals surface area (Å²) in [4.78, 5) is 17.7. The van der Waals surface area contributed by atoms with E-state index >= 15 is 0 Å². The Kier molecular flexibility index (Phi) is 4.46. The van der Waals surface area contributed by atoms with Crippen LogP contribution >= 0.6 is 11.8 Å². The lowest BCUT2D eigenvalue weighted by Crippen LogP contribution is -2.38. The van der Waals surface area contributed by atoms with E-state index in [1.807, 2.05) is 18.2 Å². The van der Waals surface area contributed by atoms with Crippen molar-refractivity contribution in [3.8, 4) is 0 Å². The van der Waals surface area contributed by atoms with Crippen molar-refractivity contribution in [3.05, 3.63) is 24.4 Å². The van der Waals surface area contributed by atoms with E-state index < -0.39 is 9.84 Å². The summed E-state index contributed by atoms with van der Waals surface area (Å²) in [5.41, 5.74) is 0. The Hall–Kier alpha value is -1.08. The van der Waals surface area contributed by atoms with Gasteiger partial charge in [0.15, 0.2) is 9.84 Å². The molecule has 1 aliphatic heterocycles. The molecule has 1 aromatic heterocycles. The van der Waals surface area contributed by atoms with E-state index in [0.717, 1.165) is 5.03 Å². The number of thioether (sulfide) groups is 1. The summed E-state index contributed by atoms with van der Waals surface area (Å²) in [5, 5.41) is 0.795. The molecule has 0 radical (unpaired) electrons. The third-order valence-electron chi connectivity index (χ3n) is 3.13. The van der Waals surface area contributed by atoms with Gasteiger partial charge in [-0.25, -0.2) is 13.4 Å². The molecule has 0 aromatic carbocycles. The molecule has 2 rings (SSSR count). The first kappa shape index (κ1) is 14.3. The van der Waals surface area contributed by atoms with E-state index in [1.165, 1.54) is 11.8 Å². The molecule has 5 nitrogen and oxygen atoms in total. The van der Waals surface area contributed by atoms with Crippen molar-refractivity contribution in [1.29, 1.82) is 0 Å². The standard InChI is InChI=1S/C12H16N2O3S2/c1-14(10-5-7-19(16,17)9-10)12(15)8-18-11-4-2-3-6-13-11/h2-4,6,10H,5,7-9H2,1H3/t10-/m1/s1. The lowest BCUT2D eigenvalue weighted by molar-refractivity contribution is -0.128. The van der Waals surface area contributed by atoms with Crippen molar-refractivity contribution < 1.29 is 13.2 Å². The van der Waals surface area contributed by atoms with Gasteiger partial charge in [-0.15, -0.1) is 0 Å². The van der Waals surface area contributed by atoms with Gasteiger partial charge < -0.3 is 4.90 Å². The number of carbonyl (C=O) groups excluding carboxylic acids is 1. The first-order valence-electron chi connectivity index (χ1n) is 5.98. The zero-order chi connectivity index (χ0) is 13.9. The Morgan fingerprint density at radius 2 is 2.32 bits per heavy atom. The second-order valence-electron chi connectivity index (χ2n) is 4.52. The third kappa shape index (κ3) is 3.94. The quantitative estimate of drug-likeness (QED) is 0.770. The molecule has 0 unspecified atom stereocenters. The summed E-state index contributed by atoms with van der Waals surface area (Å²) in [6.45, 7) is 0. The Morgan fingerprint density at radius 3 is 2.89 bits per heavy atom. The Labute approximate surface area is 117 Å². The van der Waals surface area contributed by atoms with Gasteiger partial charge in [0, 0.05) is 19.3 Å². The predicted octanol–water partition coefficient (Wildman–Crippen LogP) is 0.819. The van der Waals surface area contributed by atoms with Crippen molar-refractivity contribution in [2.75, 3.05) is 24.3 Å². The average molecular weight is 300 g/mol. The molecule has 104 valence electrons. The molecular formula is C12H16N2O3S2. The van der Waals surface area contributed by atoms with Crippen LogP contribution in [0.25, 0.3) is 0 Å². The molecule has 0 spiro atoms. The summed E-state index contributed by atoms with van der Waals surface area (Å²) < 4.78 is 22.8. The van der Waals surface area contributed by atoms with Crippen molar-refractivity contribution >= 4 is 27.5 Å². The fraction of sp³-hybridized carbons (Fsp3) is 0.500. The highest BCUT2D eigenvalue weighted by Gasteiger charge is 2.32. The van der Waals surface area contributed by atoms with Gasteiger partial charge >= 0.3 is 0 Å². The zero-order valence-corrected chi connectivity index (χ0v) is 12.3. The van der Waals surface area contributed by atoms with Crippen molar-refractivity contribution in [1.82, 2.24) is 9.88 Å². The molecule has 2 heterocycles. The molecule has 7 heteroatoms. The maximum atomic E-state index is 12.0. The van der Waals surface area contributed by atoms with Crippen LogP contribution in [0.1, 0.15) is 6.42 Å². The Morgan fingerprint density at radius 1 is 1.53 bits per heavy atom. The smallest absolute Gasteiger partial charge is 0.233 e. The lowest BCUT2D eigenvalue weighted by atomic mass is 10.2. The maximum absolute atomic E-state index is 12.0. The van der Waals surface area contributed by atoms with E-state index in [-0.39, 0.29) is 29.2 Å². The van der Waals surface area contributed by atoms with Crippen molar-refractivity contribution in [2.45, 2.75) is 17.5 Å². The Balaban J connectivity index is 1.87. The summed E-state index contributed by atoms with van der Waals surface area (Å²) in [6, 6.07) is 5.36. The first-order chi connectivity index (χ1) is 8.98. The first-order valence-corrected chi connectivity index (χ1v) is 8.78. The number of pyridine rings is 1. The largest absolute Gasteiger partial charge is 0.341 e. The highest BCUT2D eigenvalue weighted by Crippen LogP contribution is 2.19. The maximum Gasteiger partial charge on any atom is 0.233 e. The molecule has 1 atom stereocenters. The van der Waals surface area contributed by atoms with E-state index in [2.05, 4.69) is 4.98 Å². The molecular weight excluding hydrogens is 284 g/mol. The number of hydrogen-bond acceptors (Lipinski definition) is 5. The van der Waals surface area contributed by atoms with Crippen LogP contribution in [0.5, 0.6) is 0 Å². The number of hydrogen-bond donors (Lipinski definition) is 0. The number of sulfone groups is 1. The van der Waals surface area contributed by atoms with Crippen LogP contribution in [0.4, 0.5) is 0 Å². The van der Waals surface area contributed by atoms with Gasteiger partial charge in [0.05, 0.1) is 22.3 Å². The van der Waals surface area contributed by atoms with Crippen LogP contribution in [0.3, 0.4) is 0 Å².